The van der Waals surface area contributed by atoms with Gasteiger partial charge in [0.2, 0.25) is 11.8 Å². The Morgan fingerprint density at radius 1 is 1.06 bits per heavy atom. The lowest BCUT2D eigenvalue weighted by molar-refractivity contribution is -0.137. The van der Waals surface area contributed by atoms with Crippen LogP contribution in [0.3, 0.4) is 0 Å². The minimum absolute atomic E-state index is 0.0173. The highest BCUT2D eigenvalue weighted by Gasteiger charge is 2.30. The van der Waals surface area contributed by atoms with E-state index >= 15 is 0 Å². The molecule has 3 N–H and O–H groups in total. The molecule has 0 spiro atoms. The summed E-state index contributed by atoms with van der Waals surface area (Å²) in [6, 6.07) is 14.8. The summed E-state index contributed by atoms with van der Waals surface area (Å²) in [6.45, 7) is 3.66. The Hall–Kier alpha value is -4.14. The zero-order chi connectivity index (χ0) is 24.9. The van der Waals surface area contributed by atoms with Crippen molar-refractivity contribution in [3.63, 3.8) is 0 Å². The van der Waals surface area contributed by atoms with Gasteiger partial charge in [-0.1, -0.05) is 48.5 Å². The van der Waals surface area contributed by atoms with Crippen molar-refractivity contribution in [2.75, 3.05) is 6.61 Å². The number of hydrogen-bond donors (Lipinski definition) is 3. The lowest BCUT2D eigenvalue weighted by Gasteiger charge is -2.19. The maximum atomic E-state index is 12.7. The van der Waals surface area contributed by atoms with Crippen LogP contribution in [-0.4, -0.2) is 40.7 Å². The van der Waals surface area contributed by atoms with Gasteiger partial charge in [-0.05, 0) is 42.5 Å². The lowest BCUT2D eigenvalue weighted by Crippen LogP contribution is -2.47. The number of nitrogens with zero attached hydrogens (tertiary/aromatic N) is 1. The van der Waals surface area contributed by atoms with Gasteiger partial charge in [0.1, 0.15) is 18.4 Å². The number of carbonyl (C=O) groups excluding carboxylic acids is 2. The van der Waals surface area contributed by atoms with E-state index in [0.717, 1.165) is 22.3 Å². The van der Waals surface area contributed by atoms with Crippen molar-refractivity contribution in [2.24, 2.45) is 0 Å². The highest BCUT2D eigenvalue weighted by atomic mass is 16.5. The molecule has 4 rings (SSSR count). The van der Waals surface area contributed by atoms with Gasteiger partial charge in [0.05, 0.1) is 12.2 Å². The van der Waals surface area contributed by atoms with E-state index in [9.17, 15) is 14.4 Å². The van der Waals surface area contributed by atoms with E-state index in [1.165, 1.54) is 0 Å². The minimum Gasteiger partial charge on any atom is -0.481 e. The number of aryl methyl sites for hydroxylation is 2. The van der Waals surface area contributed by atoms with E-state index in [1.807, 2.05) is 48.5 Å². The van der Waals surface area contributed by atoms with E-state index in [1.54, 1.807) is 13.8 Å². The van der Waals surface area contributed by atoms with E-state index in [0.29, 0.717) is 17.3 Å². The molecular formula is C26H27N3O6. The molecule has 2 amide bonds. The number of amides is 2. The van der Waals surface area contributed by atoms with Gasteiger partial charge in [-0.2, -0.15) is 0 Å². The summed E-state index contributed by atoms with van der Waals surface area (Å²) in [6.07, 6.45) is -1.17. The van der Waals surface area contributed by atoms with Crippen molar-refractivity contribution >= 4 is 18.0 Å². The van der Waals surface area contributed by atoms with Crippen LogP contribution in [0.1, 0.15) is 47.2 Å². The molecule has 1 atom stereocenters. The summed E-state index contributed by atoms with van der Waals surface area (Å²) in [5.74, 6) is -0.778. The predicted molar refractivity (Wildman–Crippen MR) is 127 cm³/mol. The molecule has 0 saturated heterocycles. The van der Waals surface area contributed by atoms with Crippen LogP contribution in [0.2, 0.25) is 0 Å². The second kappa shape index (κ2) is 10.4. The van der Waals surface area contributed by atoms with Crippen LogP contribution in [0.25, 0.3) is 11.1 Å². The molecule has 1 unspecified atom stereocenters. The highest BCUT2D eigenvalue weighted by molar-refractivity contribution is 5.86. The fourth-order valence-electron chi connectivity index (χ4n) is 4.22. The van der Waals surface area contributed by atoms with Crippen molar-refractivity contribution in [2.45, 2.75) is 45.2 Å². The SMILES string of the molecule is Cc1nc(CNC(=O)C(CCC(=O)O)NC(=O)OCC2c3ccccc3-c3ccccc32)oc1C. The monoisotopic (exact) mass is 477 g/mol. The molecule has 1 aliphatic carbocycles. The summed E-state index contributed by atoms with van der Waals surface area (Å²) < 4.78 is 10.9. The molecule has 35 heavy (non-hydrogen) atoms. The Morgan fingerprint density at radius 2 is 1.69 bits per heavy atom. The first-order valence-electron chi connectivity index (χ1n) is 11.4. The first-order chi connectivity index (χ1) is 16.8. The van der Waals surface area contributed by atoms with Gasteiger partial charge >= 0.3 is 12.1 Å². The number of aliphatic carboxylic acids is 1. The number of rotatable bonds is 9. The Balaban J connectivity index is 1.39. The number of carbonyl (C=O) groups is 3. The quantitative estimate of drug-likeness (QED) is 0.428. The Kier molecular flexibility index (Phi) is 7.14. The summed E-state index contributed by atoms with van der Waals surface area (Å²) in [4.78, 5) is 40.6. The van der Waals surface area contributed by atoms with E-state index < -0.39 is 24.0 Å². The standard InChI is InChI=1S/C26H27N3O6/c1-15-16(2)35-23(28-15)13-27-25(32)22(11-12-24(30)31)29-26(33)34-14-21-19-9-5-3-7-17(19)18-8-4-6-10-20(18)21/h3-10,21-22H,11-14H2,1-2H3,(H,27,32)(H,29,33)(H,30,31). The van der Waals surface area contributed by atoms with Crippen molar-refractivity contribution in [1.29, 1.82) is 0 Å². The summed E-state index contributed by atoms with van der Waals surface area (Å²) in [7, 11) is 0. The average Bonchev–Trinajstić information content (AvgIpc) is 3.34. The van der Waals surface area contributed by atoms with Crippen molar-refractivity contribution in [3.05, 3.63) is 77.0 Å². The maximum Gasteiger partial charge on any atom is 0.407 e. The van der Waals surface area contributed by atoms with E-state index in [4.69, 9.17) is 14.3 Å². The Morgan fingerprint density at radius 3 is 2.26 bits per heavy atom. The van der Waals surface area contributed by atoms with Crippen LogP contribution in [-0.2, 0) is 20.9 Å². The number of fused-ring (bicyclic) bond motifs is 3. The van der Waals surface area contributed by atoms with Crippen molar-refractivity contribution in [3.8, 4) is 11.1 Å². The molecule has 0 bridgehead atoms. The molecule has 9 heteroatoms. The third-order valence-corrected chi connectivity index (χ3v) is 6.09. The normalized spacial score (nSPS) is 13.0. The lowest BCUT2D eigenvalue weighted by atomic mass is 9.98. The molecule has 1 aliphatic rings. The summed E-state index contributed by atoms with van der Waals surface area (Å²) >= 11 is 0. The number of carboxylic acids is 1. The van der Waals surface area contributed by atoms with Crippen molar-refractivity contribution < 1.29 is 28.6 Å². The van der Waals surface area contributed by atoms with Gasteiger partial charge in [0, 0.05) is 12.3 Å². The molecular weight excluding hydrogens is 450 g/mol. The molecule has 1 heterocycles. The predicted octanol–water partition coefficient (Wildman–Crippen LogP) is 3.68. The first-order valence-corrected chi connectivity index (χ1v) is 11.4. The van der Waals surface area contributed by atoms with Gasteiger partial charge in [-0.3, -0.25) is 9.59 Å². The van der Waals surface area contributed by atoms with Gasteiger partial charge in [-0.15, -0.1) is 0 Å². The van der Waals surface area contributed by atoms with Crippen LogP contribution in [0, 0.1) is 13.8 Å². The molecule has 2 aromatic carbocycles. The van der Waals surface area contributed by atoms with Crippen molar-refractivity contribution in [1.82, 2.24) is 15.6 Å². The Bertz CT molecular complexity index is 1190. The zero-order valence-electron chi connectivity index (χ0n) is 19.5. The van der Waals surface area contributed by atoms with Crippen LogP contribution in [0.5, 0.6) is 0 Å². The summed E-state index contributed by atoms with van der Waals surface area (Å²) in [5, 5.41) is 14.2. The zero-order valence-corrected chi connectivity index (χ0v) is 19.5. The van der Waals surface area contributed by atoms with Gasteiger partial charge in [-0.25, -0.2) is 9.78 Å². The fourth-order valence-corrected chi connectivity index (χ4v) is 4.22. The molecule has 0 saturated carbocycles. The number of ether oxygens (including phenoxy) is 1. The minimum atomic E-state index is -1.08. The Labute approximate surface area is 202 Å². The smallest absolute Gasteiger partial charge is 0.407 e. The molecule has 0 aliphatic heterocycles. The van der Waals surface area contributed by atoms with E-state index in [2.05, 4.69) is 15.6 Å². The fraction of sp³-hybridized carbons (Fsp3) is 0.308. The number of alkyl carbamates (subject to hydrolysis) is 1. The number of aromatic nitrogens is 1. The number of oxazole rings is 1. The van der Waals surface area contributed by atoms with Gasteiger partial charge in [0.25, 0.3) is 0 Å². The number of carboxylic acid groups (broad SMARTS) is 1. The molecule has 1 aromatic heterocycles. The number of benzene rings is 2. The van der Waals surface area contributed by atoms with Gasteiger partial charge < -0.3 is 24.9 Å². The molecule has 0 fully saturated rings. The highest BCUT2D eigenvalue weighted by Crippen LogP contribution is 2.44. The third kappa shape index (κ3) is 5.51. The third-order valence-electron chi connectivity index (χ3n) is 6.09. The molecule has 0 radical (unpaired) electrons. The second-order valence-electron chi connectivity index (χ2n) is 8.42. The number of nitrogens with one attached hydrogen (secondary N) is 2. The topological polar surface area (TPSA) is 131 Å². The molecule has 182 valence electrons. The molecule has 9 nitrogen and oxygen atoms in total. The van der Waals surface area contributed by atoms with Crippen LogP contribution >= 0.6 is 0 Å². The second-order valence-corrected chi connectivity index (χ2v) is 8.42. The summed E-state index contributed by atoms with van der Waals surface area (Å²) in [5.41, 5.74) is 5.06. The molecule has 3 aromatic rings. The average molecular weight is 478 g/mol. The largest absolute Gasteiger partial charge is 0.481 e. The van der Waals surface area contributed by atoms with Crippen LogP contribution in [0.15, 0.2) is 52.9 Å². The van der Waals surface area contributed by atoms with Crippen LogP contribution in [0.4, 0.5) is 4.79 Å². The van der Waals surface area contributed by atoms with Crippen LogP contribution < -0.4 is 10.6 Å². The van der Waals surface area contributed by atoms with Gasteiger partial charge in [0.15, 0.2) is 0 Å². The maximum absolute atomic E-state index is 12.7. The van der Waals surface area contributed by atoms with E-state index in [-0.39, 0.29) is 31.9 Å². The number of hydrogen-bond acceptors (Lipinski definition) is 6. The first kappa shape index (κ1) is 24.0.